The van der Waals surface area contributed by atoms with Crippen LogP contribution in [-0.2, 0) is 11.3 Å². The van der Waals surface area contributed by atoms with E-state index in [9.17, 15) is 9.59 Å². The molecule has 1 aliphatic heterocycles. The smallest absolute Gasteiger partial charge is 0.320 e. The molecule has 0 aliphatic carbocycles. The number of rotatable bonds is 4. The third-order valence-electron chi connectivity index (χ3n) is 3.33. The Hall–Kier alpha value is -1.56. The van der Waals surface area contributed by atoms with Gasteiger partial charge in [-0.3, -0.25) is 4.79 Å². The summed E-state index contributed by atoms with van der Waals surface area (Å²) in [6, 6.07) is 7.78. The zero-order valence-corrected chi connectivity index (χ0v) is 12.8. The highest BCUT2D eigenvalue weighted by atomic mass is 79.9. The number of aliphatic carboxylic acids is 1. The van der Waals surface area contributed by atoms with Crippen LogP contribution in [0.5, 0.6) is 0 Å². The molecular formula is C14H17BrN2O3. The van der Waals surface area contributed by atoms with Crippen LogP contribution in [-0.4, -0.2) is 47.0 Å². The minimum Gasteiger partial charge on any atom is -0.481 e. The second-order valence-corrected chi connectivity index (χ2v) is 6.05. The number of urea groups is 1. The molecule has 1 heterocycles. The first-order chi connectivity index (χ1) is 9.45. The van der Waals surface area contributed by atoms with Crippen molar-refractivity contribution in [2.24, 2.45) is 5.92 Å². The molecule has 1 saturated heterocycles. The van der Waals surface area contributed by atoms with Crippen LogP contribution in [0, 0.1) is 5.92 Å². The molecule has 108 valence electrons. The van der Waals surface area contributed by atoms with Crippen LogP contribution in [0.1, 0.15) is 12.0 Å². The molecule has 0 spiro atoms. The van der Waals surface area contributed by atoms with Gasteiger partial charge in [-0.1, -0.05) is 28.1 Å². The second kappa shape index (κ2) is 6.26. The van der Waals surface area contributed by atoms with E-state index in [1.807, 2.05) is 24.3 Å². The molecule has 1 fully saturated rings. The predicted molar refractivity (Wildman–Crippen MR) is 78.3 cm³/mol. The van der Waals surface area contributed by atoms with Crippen molar-refractivity contribution in [3.05, 3.63) is 34.3 Å². The number of carbonyl (C=O) groups is 2. The van der Waals surface area contributed by atoms with E-state index in [2.05, 4.69) is 15.9 Å². The number of carbonyl (C=O) groups excluding carboxylic acids is 1. The lowest BCUT2D eigenvalue weighted by Gasteiger charge is -2.40. The Kier molecular flexibility index (Phi) is 4.65. The molecule has 0 radical (unpaired) electrons. The Labute approximate surface area is 126 Å². The van der Waals surface area contributed by atoms with Gasteiger partial charge in [-0.25, -0.2) is 4.79 Å². The van der Waals surface area contributed by atoms with Crippen molar-refractivity contribution >= 4 is 27.9 Å². The Morgan fingerprint density at radius 3 is 2.75 bits per heavy atom. The summed E-state index contributed by atoms with van der Waals surface area (Å²) in [6.45, 7) is 1.61. The number of halogens is 1. The van der Waals surface area contributed by atoms with E-state index in [-0.39, 0.29) is 18.4 Å². The number of benzene rings is 1. The number of hydrogen-bond donors (Lipinski definition) is 1. The molecule has 0 aromatic heterocycles. The van der Waals surface area contributed by atoms with Gasteiger partial charge in [0, 0.05) is 37.1 Å². The monoisotopic (exact) mass is 340 g/mol. The van der Waals surface area contributed by atoms with Crippen molar-refractivity contribution in [3.8, 4) is 0 Å². The molecule has 20 heavy (non-hydrogen) atoms. The molecule has 1 aromatic carbocycles. The van der Waals surface area contributed by atoms with Gasteiger partial charge in [-0.15, -0.1) is 0 Å². The van der Waals surface area contributed by atoms with E-state index in [1.165, 1.54) is 0 Å². The second-order valence-electron chi connectivity index (χ2n) is 5.14. The lowest BCUT2D eigenvalue weighted by Crippen LogP contribution is -2.54. The van der Waals surface area contributed by atoms with E-state index in [0.717, 1.165) is 10.0 Å². The van der Waals surface area contributed by atoms with Gasteiger partial charge in [0.25, 0.3) is 0 Å². The minimum atomic E-state index is -0.801. The first kappa shape index (κ1) is 14.8. The van der Waals surface area contributed by atoms with Crippen LogP contribution < -0.4 is 0 Å². The molecule has 6 heteroatoms. The van der Waals surface area contributed by atoms with Crippen LogP contribution >= 0.6 is 15.9 Å². The summed E-state index contributed by atoms with van der Waals surface area (Å²) in [7, 11) is 1.76. The maximum absolute atomic E-state index is 12.1. The zero-order valence-electron chi connectivity index (χ0n) is 11.3. The standard InChI is InChI=1S/C14H17BrN2O3/c1-16(7-10-3-2-4-12(15)5-10)14(20)17-8-11(9-17)6-13(18)19/h2-5,11H,6-9H2,1H3,(H,18,19). The van der Waals surface area contributed by atoms with Crippen molar-refractivity contribution < 1.29 is 14.7 Å². The lowest BCUT2D eigenvalue weighted by molar-refractivity contribution is -0.139. The van der Waals surface area contributed by atoms with Crippen LogP contribution in [0.15, 0.2) is 28.7 Å². The topological polar surface area (TPSA) is 60.9 Å². The van der Waals surface area contributed by atoms with Gasteiger partial charge in [-0.05, 0) is 17.7 Å². The summed E-state index contributed by atoms with van der Waals surface area (Å²) in [6.07, 6.45) is 0.138. The molecule has 1 aliphatic rings. The highest BCUT2D eigenvalue weighted by molar-refractivity contribution is 9.10. The molecule has 1 aromatic rings. The summed E-state index contributed by atoms with van der Waals surface area (Å²) in [5.74, 6) is -0.708. The third kappa shape index (κ3) is 3.72. The number of carboxylic acid groups (broad SMARTS) is 1. The van der Waals surface area contributed by atoms with Crippen molar-refractivity contribution in [2.75, 3.05) is 20.1 Å². The van der Waals surface area contributed by atoms with E-state index < -0.39 is 5.97 Å². The summed E-state index contributed by atoms with van der Waals surface area (Å²) in [4.78, 5) is 26.0. The zero-order chi connectivity index (χ0) is 14.7. The molecular weight excluding hydrogens is 324 g/mol. The summed E-state index contributed by atoms with van der Waals surface area (Å²) >= 11 is 3.40. The van der Waals surface area contributed by atoms with E-state index in [1.54, 1.807) is 16.8 Å². The SMILES string of the molecule is CN(Cc1cccc(Br)c1)C(=O)N1CC(CC(=O)O)C1. The molecule has 0 bridgehead atoms. The van der Waals surface area contributed by atoms with Gasteiger partial charge in [0.05, 0.1) is 6.42 Å². The third-order valence-corrected chi connectivity index (χ3v) is 3.82. The quantitative estimate of drug-likeness (QED) is 0.915. The predicted octanol–water partition coefficient (Wildman–Crippen LogP) is 2.41. The number of amides is 2. The van der Waals surface area contributed by atoms with Crippen molar-refractivity contribution in [1.29, 1.82) is 0 Å². The Morgan fingerprint density at radius 1 is 1.45 bits per heavy atom. The lowest BCUT2D eigenvalue weighted by atomic mass is 9.97. The Balaban J connectivity index is 1.83. The summed E-state index contributed by atoms with van der Waals surface area (Å²) < 4.78 is 0.987. The van der Waals surface area contributed by atoms with Crippen LogP contribution in [0.2, 0.25) is 0 Å². The summed E-state index contributed by atoms with van der Waals surface area (Å²) in [5, 5.41) is 8.69. The average Bonchev–Trinajstić information content (AvgIpc) is 2.32. The molecule has 5 nitrogen and oxygen atoms in total. The number of likely N-dealkylation sites (tertiary alicyclic amines) is 1. The molecule has 2 rings (SSSR count). The van der Waals surface area contributed by atoms with E-state index in [0.29, 0.717) is 19.6 Å². The van der Waals surface area contributed by atoms with Gasteiger partial charge in [0.2, 0.25) is 0 Å². The highest BCUT2D eigenvalue weighted by Crippen LogP contribution is 2.21. The fraction of sp³-hybridized carbons (Fsp3) is 0.429. The highest BCUT2D eigenvalue weighted by Gasteiger charge is 2.33. The van der Waals surface area contributed by atoms with E-state index >= 15 is 0 Å². The molecule has 2 amide bonds. The fourth-order valence-corrected chi connectivity index (χ4v) is 2.77. The number of carboxylic acids is 1. The normalized spacial score (nSPS) is 14.8. The van der Waals surface area contributed by atoms with Gasteiger partial charge in [-0.2, -0.15) is 0 Å². The van der Waals surface area contributed by atoms with Crippen molar-refractivity contribution in [1.82, 2.24) is 9.80 Å². The number of hydrogen-bond acceptors (Lipinski definition) is 2. The minimum absolute atomic E-state index is 0.0494. The first-order valence-corrected chi connectivity index (χ1v) is 7.21. The maximum Gasteiger partial charge on any atom is 0.320 e. The van der Waals surface area contributed by atoms with Gasteiger partial charge < -0.3 is 14.9 Å². The first-order valence-electron chi connectivity index (χ1n) is 6.42. The van der Waals surface area contributed by atoms with Gasteiger partial charge in [0.1, 0.15) is 0 Å². The largest absolute Gasteiger partial charge is 0.481 e. The molecule has 0 unspecified atom stereocenters. The van der Waals surface area contributed by atoms with Crippen molar-refractivity contribution in [3.63, 3.8) is 0 Å². The average molecular weight is 341 g/mol. The van der Waals surface area contributed by atoms with Crippen LogP contribution in [0.4, 0.5) is 4.79 Å². The maximum atomic E-state index is 12.1. The van der Waals surface area contributed by atoms with Crippen LogP contribution in [0.3, 0.4) is 0 Å². The van der Waals surface area contributed by atoms with Crippen molar-refractivity contribution in [2.45, 2.75) is 13.0 Å². The van der Waals surface area contributed by atoms with Crippen LogP contribution in [0.25, 0.3) is 0 Å². The van der Waals surface area contributed by atoms with Gasteiger partial charge >= 0.3 is 12.0 Å². The number of nitrogens with zero attached hydrogens (tertiary/aromatic N) is 2. The molecule has 0 saturated carbocycles. The van der Waals surface area contributed by atoms with Gasteiger partial charge in [0.15, 0.2) is 0 Å². The molecule has 0 atom stereocenters. The van der Waals surface area contributed by atoms with E-state index in [4.69, 9.17) is 5.11 Å². The molecule has 1 N–H and O–H groups in total. The Morgan fingerprint density at radius 2 is 2.15 bits per heavy atom. The summed E-state index contributed by atoms with van der Waals surface area (Å²) in [5.41, 5.74) is 1.05. The Bertz CT molecular complexity index is 515. The fourth-order valence-electron chi connectivity index (χ4n) is 2.32.